The lowest BCUT2D eigenvalue weighted by Crippen LogP contribution is -2.51. The molecule has 2 rings (SSSR count). The highest BCUT2D eigenvalue weighted by molar-refractivity contribution is 5.84. The molecule has 120 valence electrons. The summed E-state index contributed by atoms with van der Waals surface area (Å²) in [6, 6.07) is -0.686. The summed E-state index contributed by atoms with van der Waals surface area (Å²) in [5.74, 6) is -0.231. The first-order chi connectivity index (χ1) is 9.99. The molecule has 0 aromatic heterocycles. The Balaban J connectivity index is 1.87. The minimum absolute atomic E-state index is 0.0210. The second-order valence-electron chi connectivity index (χ2n) is 6.68. The number of piperidine rings is 1. The van der Waals surface area contributed by atoms with Crippen molar-refractivity contribution < 1.29 is 19.4 Å². The maximum Gasteiger partial charge on any atom is 0.326 e. The number of ether oxygens (including phenoxy) is 1. The fourth-order valence-electron chi connectivity index (χ4n) is 3.47. The van der Waals surface area contributed by atoms with Gasteiger partial charge in [-0.1, -0.05) is 26.7 Å². The number of nitrogens with zero attached hydrogens (tertiary/aromatic N) is 1. The van der Waals surface area contributed by atoms with E-state index in [0.29, 0.717) is 24.8 Å². The van der Waals surface area contributed by atoms with Gasteiger partial charge in [-0.15, -0.1) is 0 Å². The molecule has 0 aromatic carbocycles. The Morgan fingerprint density at radius 2 is 1.90 bits per heavy atom. The molecule has 1 saturated heterocycles. The van der Waals surface area contributed by atoms with E-state index in [1.54, 1.807) is 0 Å². The van der Waals surface area contributed by atoms with E-state index in [4.69, 9.17) is 4.74 Å². The zero-order valence-electron chi connectivity index (χ0n) is 13.1. The minimum atomic E-state index is -0.902. The summed E-state index contributed by atoms with van der Waals surface area (Å²) >= 11 is 0. The quantitative estimate of drug-likeness (QED) is 0.864. The lowest BCUT2D eigenvalue weighted by molar-refractivity contribution is -0.156. The van der Waals surface area contributed by atoms with E-state index in [-0.39, 0.29) is 18.6 Å². The summed E-state index contributed by atoms with van der Waals surface area (Å²) in [7, 11) is 0. The molecule has 21 heavy (non-hydrogen) atoms. The van der Waals surface area contributed by atoms with Crippen LogP contribution in [0.1, 0.15) is 52.4 Å². The summed E-state index contributed by atoms with van der Waals surface area (Å²) < 4.78 is 5.78. The highest BCUT2D eigenvalue weighted by Gasteiger charge is 2.35. The zero-order chi connectivity index (χ0) is 15.4. The normalized spacial score (nSPS) is 33.7. The number of carboxylic acid groups (broad SMARTS) is 1. The molecule has 5 nitrogen and oxygen atoms in total. The zero-order valence-corrected chi connectivity index (χ0v) is 13.1. The van der Waals surface area contributed by atoms with Gasteiger partial charge in [-0.25, -0.2) is 4.79 Å². The predicted octanol–water partition coefficient (Wildman–Crippen LogP) is 2.29. The van der Waals surface area contributed by atoms with Crippen molar-refractivity contribution in [3.63, 3.8) is 0 Å². The monoisotopic (exact) mass is 297 g/mol. The smallest absolute Gasteiger partial charge is 0.326 e. The Hall–Kier alpha value is -1.10. The standard InChI is InChI=1S/C16H27NO4/c1-11-7-8-17(13(9-11)16(19)20)15(18)10-21-14-6-4-3-5-12(14)2/h11-14H,3-10H2,1-2H3,(H,19,20). The molecule has 1 heterocycles. The largest absolute Gasteiger partial charge is 0.480 e. The van der Waals surface area contributed by atoms with Crippen LogP contribution in [-0.4, -0.2) is 47.2 Å². The van der Waals surface area contributed by atoms with Crippen LogP contribution in [0.2, 0.25) is 0 Å². The molecule has 0 aromatic rings. The van der Waals surface area contributed by atoms with Gasteiger partial charge in [-0.05, 0) is 37.5 Å². The number of amides is 1. The number of carbonyl (C=O) groups is 2. The summed E-state index contributed by atoms with van der Waals surface area (Å²) in [5.41, 5.74) is 0. The molecule has 5 heteroatoms. The molecule has 2 fully saturated rings. The number of hydrogen-bond acceptors (Lipinski definition) is 3. The van der Waals surface area contributed by atoms with E-state index in [2.05, 4.69) is 6.92 Å². The summed E-state index contributed by atoms with van der Waals surface area (Å²) in [6.07, 6.45) is 6.11. The second kappa shape index (κ2) is 7.25. The molecule has 0 bridgehead atoms. The highest BCUT2D eigenvalue weighted by atomic mass is 16.5. The molecule has 4 unspecified atom stereocenters. The number of aliphatic carboxylic acids is 1. The summed E-state index contributed by atoms with van der Waals surface area (Å²) in [5, 5.41) is 9.30. The lowest BCUT2D eigenvalue weighted by Gasteiger charge is -2.36. The van der Waals surface area contributed by atoms with Crippen LogP contribution >= 0.6 is 0 Å². The van der Waals surface area contributed by atoms with Gasteiger partial charge in [-0.3, -0.25) is 4.79 Å². The molecule has 1 saturated carbocycles. The molecule has 1 aliphatic heterocycles. The van der Waals surface area contributed by atoms with Crippen molar-refractivity contribution >= 4 is 11.9 Å². The van der Waals surface area contributed by atoms with E-state index in [0.717, 1.165) is 25.7 Å². The van der Waals surface area contributed by atoms with Gasteiger partial charge in [0.2, 0.25) is 5.91 Å². The van der Waals surface area contributed by atoms with E-state index >= 15 is 0 Å². The third-order valence-corrected chi connectivity index (χ3v) is 4.92. The molecule has 1 N–H and O–H groups in total. The number of likely N-dealkylation sites (tertiary alicyclic amines) is 1. The first-order valence-electron chi connectivity index (χ1n) is 8.13. The Bertz CT molecular complexity index is 384. The first-order valence-corrected chi connectivity index (χ1v) is 8.13. The van der Waals surface area contributed by atoms with Crippen LogP contribution in [0.15, 0.2) is 0 Å². The molecule has 4 atom stereocenters. The molecule has 1 amide bonds. The van der Waals surface area contributed by atoms with Crippen LogP contribution in [0, 0.1) is 11.8 Å². The van der Waals surface area contributed by atoms with E-state index in [9.17, 15) is 14.7 Å². The first kappa shape index (κ1) is 16.3. The topological polar surface area (TPSA) is 66.8 Å². The van der Waals surface area contributed by atoms with Gasteiger partial charge in [0.05, 0.1) is 6.10 Å². The van der Waals surface area contributed by atoms with Gasteiger partial charge >= 0.3 is 5.97 Å². The van der Waals surface area contributed by atoms with Crippen molar-refractivity contribution in [3.8, 4) is 0 Å². The van der Waals surface area contributed by atoms with Crippen LogP contribution in [-0.2, 0) is 14.3 Å². The Kier molecular flexibility index (Phi) is 5.62. The fourth-order valence-corrected chi connectivity index (χ4v) is 3.47. The molecule has 0 spiro atoms. The van der Waals surface area contributed by atoms with Crippen molar-refractivity contribution in [2.75, 3.05) is 13.2 Å². The Morgan fingerprint density at radius 3 is 2.57 bits per heavy atom. The summed E-state index contributed by atoms with van der Waals surface area (Å²) in [4.78, 5) is 25.1. The Labute approximate surface area is 126 Å². The van der Waals surface area contributed by atoms with Crippen LogP contribution in [0.25, 0.3) is 0 Å². The van der Waals surface area contributed by atoms with Crippen LogP contribution < -0.4 is 0 Å². The molecule has 1 aliphatic carbocycles. The average Bonchev–Trinajstić information content (AvgIpc) is 2.46. The second-order valence-corrected chi connectivity index (χ2v) is 6.68. The van der Waals surface area contributed by atoms with E-state index < -0.39 is 12.0 Å². The van der Waals surface area contributed by atoms with Crippen LogP contribution in [0.4, 0.5) is 0 Å². The van der Waals surface area contributed by atoms with Gasteiger partial charge in [-0.2, -0.15) is 0 Å². The molecule has 0 radical (unpaired) electrons. The van der Waals surface area contributed by atoms with Gasteiger partial charge < -0.3 is 14.7 Å². The SMILES string of the molecule is CC1CCN(C(=O)COC2CCCCC2C)C(C(=O)O)C1. The number of carbonyl (C=O) groups excluding carboxylic acids is 1. The Morgan fingerprint density at radius 1 is 1.19 bits per heavy atom. The van der Waals surface area contributed by atoms with Gasteiger partial charge in [0.1, 0.15) is 12.6 Å². The predicted molar refractivity (Wildman–Crippen MR) is 78.9 cm³/mol. The van der Waals surface area contributed by atoms with Crippen molar-refractivity contribution in [1.29, 1.82) is 0 Å². The maximum absolute atomic E-state index is 12.3. The average molecular weight is 297 g/mol. The minimum Gasteiger partial charge on any atom is -0.480 e. The third kappa shape index (κ3) is 4.19. The van der Waals surface area contributed by atoms with Crippen molar-refractivity contribution in [2.45, 2.75) is 64.5 Å². The van der Waals surface area contributed by atoms with Crippen molar-refractivity contribution in [3.05, 3.63) is 0 Å². The molecule has 2 aliphatic rings. The van der Waals surface area contributed by atoms with Crippen molar-refractivity contribution in [2.24, 2.45) is 11.8 Å². The van der Waals surface area contributed by atoms with Gasteiger partial charge in [0.15, 0.2) is 0 Å². The van der Waals surface area contributed by atoms with E-state index in [1.807, 2.05) is 6.92 Å². The third-order valence-electron chi connectivity index (χ3n) is 4.92. The van der Waals surface area contributed by atoms with E-state index in [1.165, 1.54) is 11.3 Å². The number of rotatable bonds is 4. The van der Waals surface area contributed by atoms with Gasteiger partial charge in [0, 0.05) is 6.54 Å². The van der Waals surface area contributed by atoms with Crippen LogP contribution in [0.5, 0.6) is 0 Å². The van der Waals surface area contributed by atoms with Gasteiger partial charge in [0.25, 0.3) is 0 Å². The number of carboxylic acids is 1. The molecular weight excluding hydrogens is 270 g/mol. The van der Waals surface area contributed by atoms with Crippen molar-refractivity contribution in [1.82, 2.24) is 4.90 Å². The lowest BCUT2D eigenvalue weighted by atomic mass is 9.88. The number of hydrogen-bond donors (Lipinski definition) is 1. The van der Waals surface area contributed by atoms with Crippen LogP contribution in [0.3, 0.4) is 0 Å². The summed E-state index contributed by atoms with van der Waals surface area (Å²) in [6.45, 7) is 4.75. The fraction of sp³-hybridized carbons (Fsp3) is 0.875. The highest BCUT2D eigenvalue weighted by Crippen LogP contribution is 2.27. The molecular formula is C16H27NO4. The maximum atomic E-state index is 12.3.